The van der Waals surface area contributed by atoms with Crippen LogP contribution in [-0.2, 0) is 0 Å². The van der Waals surface area contributed by atoms with E-state index in [0.717, 1.165) is 10.0 Å². The molecule has 0 aliphatic carbocycles. The number of aryl methyl sites for hydroxylation is 1. The molecule has 0 saturated carbocycles. The number of hydrogen-bond acceptors (Lipinski definition) is 0. The van der Waals surface area contributed by atoms with Crippen LogP contribution in [0, 0.1) is 12.7 Å². The third kappa shape index (κ3) is 2.56. The predicted octanol–water partition coefficient (Wildman–Crippen LogP) is 2.74. The van der Waals surface area contributed by atoms with E-state index in [2.05, 4.69) is 15.9 Å². The van der Waals surface area contributed by atoms with Crippen molar-refractivity contribution in [3.8, 4) is 0 Å². The van der Waals surface area contributed by atoms with Gasteiger partial charge in [0.1, 0.15) is 5.82 Å². The van der Waals surface area contributed by atoms with E-state index in [9.17, 15) is 4.39 Å². The fourth-order valence-electron chi connectivity index (χ4n) is 0.567. The molecular formula is C7H8BrFMg. The zero-order chi connectivity index (χ0) is 6.85. The summed E-state index contributed by atoms with van der Waals surface area (Å²) in [6.07, 6.45) is 0. The van der Waals surface area contributed by atoms with Crippen molar-refractivity contribution in [1.82, 2.24) is 0 Å². The molecule has 0 spiro atoms. The van der Waals surface area contributed by atoms with Crippen LogP contribution in [0.5, 0.6) is 0 Å². The molecule has 3 heteroatoms. The Morgan fingerprint density at radius 3 is 2.50 bits per heavy atom. The van der Waals surface area contributed by atoms with Crippen molar-refractivity contribution < 1.29 is 7.24 Å². The molecule has 1 rings (SSSR count). The Morgan fingerprint density at radius 2 is 2.10 bits per heavy atom. The van der Waals surface area contributed by atoms with E-state index in [1.54, 1.807) is 6.07 Å². The Labute approximate surface area is 87.1 Å². The maximum Gasteiger partial charge on any atom is 2.00 e. The maximum atomic E-state index is 12.3. The first-order chi connectivity index (χ1) is 4.20. The van der Waals surface area contributed by atoms with Gasteiger partial charge in [0.25, 0.3) is 0 Å². The molecule has 0 heterocycles. The first kappa shape index (κ1) is 10.4. The molecule has 0 aliphatic rings. The molecule has 0 amide bonds. The first-order valence-electron chi connectivity index (χ1n) is 2.62. The molecule has 0 atom stereocenters. The predicted molar refractivity (Wildman–Crippen MR) is 46.8 cm³/mol. The summed E-state index contributed by atoms with van der Waals surface area (Å²) in [5.41, 5.74) is 1.05. The van der Waals surface area contributed by atoms with Crippen molar-refractivity contribution in [3.05, 3.63) is 34.1 Å². The van der Waals surface area contributed by atoms with Gasteiger partial charge in [0, 0.05) is 4.47 Å². The Kier molecular flexibility index (Phi) is 4.48. The van der Waals surface area contributed by atoms with Crippen LogP contribution in [0.25, 0.3) is 0 Å². The molecule has 0 radical (unpaired) electrons. The van der Waals surface area contributed by atoms with Crippen LogP contribution in [0.2, 0.25) is 0 Å². The second-order valence-electron chi connectivity index (χ2n) is 1.89. The molecule has 0 bridgehead atoms. The minimum Gasteiger partial charge on any atom is -1.00 e. The normalized spacial score (nSPS) is 8.70. The van der Waals surface area contributed by atoms with Crippen molar-refractivity contribution in [2.24, 2.45) is 0 Å². The number of hydrogen-bond donors (Lipinski definition) is 0. The van der Waals surface area contributed by atoms with E-state index < -0.39 is 0 Å². The number of halogens is 2. The molecule has 0 fully saturated rings. The summed E-state index contributed by atoms with van der Waals surface area (Å²) in [4.78, 5) is 0. The molecule has 52 valence electrons. The van der Waals surface area contributed by atoms with E-state index in [0.29, 0.717) is 0 Å². The van der Waals surface area contributed by atoms with E-state index >= 15 is 0 Å². The van der Waals surface area contributed by atoms with Crippen LogP contribution in [-0.4, -0.2) is 23.1 Å². The quantitative estimate of drug-likeness (QED) is 0.584. The maximum absolute atomic E-state index is 12.3. The van der Waals surface area contributed by atoms with Gasteiger partial charge in [0.15, 0.2) is 0 Å². The first-order valence-corrected chi connectivity index (χ1v) is 3.41. The zero-order valence-electron chi connectivity index (χ0n) is 7.70. The summed E-state index contributed by atoms with van der Waals surface area (Å²) in [7, 11) is 0. The van der Waals surface area contributed by atoms with Gasteiger partial charge in [-0.15, -0.1) is 0 Å². The molecule has 0 aromatic heterocycles. The molecule has 0 N–H and O–H groups in total. The van der Waals surface area contributed by atoms with Crippen LogP contribution >= 0.6 is 15.9 Å². The topological polar surface area (TPSA) is 0 Å². The molecule has 0 aliphatic heterocycles. The standard InChI is InChI=1S/C7H6BrF.Mg.2H/c1-5-2-3-6(9)4-7(5)8;;;/h2-4H,1H3;;;/q;+2;2*-1. The van der Waals surface area contributed by atoms with Crippen molar-refractivity contribution >= 4 is 39.0 Å². The molecule has 10 heavy (non-hydrogen) atoms. The van der Waals surface area contributed by atoms with Crippen LogP contribution in [0.15, 0.2) is 22.7 Å². The zero-order valence-corrected chi connectivity index (χ0v) is 8.70. The molecule has 0 nitrogen and oxygen atoms in total. The van der Waals surface area contributed by atoms with E-state index in [-0.39, 0.29) is 31.7 Å². The molecular weight excluding hydrogens is 207 g/mol. The van der Waals surface area contributed by atoms with Gasteiger partial charge >= 0.3 is 23.1 Å². The van der Waals surface area contributed by atoms with Gasteiger partial charge in [0.05, 0.1) is 0 Å². The molecule has 1 aromatic carbocycles. The fourth-order valence-corrected chi connectivity index (χ4v) is 0.918. The van der Waals surface area contributed by atoms with Crippen LogP contribution < -0.4 is 0 Å². The summed E-state index contributed by atoms with van der Waals surface area (Å²) >= 11 is 3.21. The molecule has 1 aromatic rings. The van der Waals surface area contributed by atoms with Crippen molar-refractivity contribution in [1.29, 1.82) is 0 Å². The van der Waals surface area contributed by atoms with Crippen molar-refractivity contribution in [2.75, 3.05) is 0 Å². The third-order valence-corrected chi connectivity index (χ3v) is 1.99. The van der Waals surface area contributed by atoms with Crippen molar-refractivity contribution in [2.45, 2.75) is 6.92 Å². The summed E-state index contributed by atoms with van der Waals surface area (Å²) in [6.45, 7) is 1.92. The summed E-state index contributed by atoms with van der Waals surface area (Å²) in [6, 6.07) is 4.63. The van der Waals surface area contributed by atoms with Crippen LogP contribution in [0.3, 0.4) is 0 Å². The molecule has 0 unspecified atom stereocenters. The summed E-state index contributed by atoms with van der Waals surface area (Å²) in [5.74, 6) is -0.201. The van der Waals surface area contributed by atoms with Gasteiger partial charge in [-0.2, -0.15) is 0 Å². The van der Waals surface area contributed by atoms with E-state index in [1.165, 1.54) is 12.1 Å². The monoisotopic (exact) mass is 214 g/mol. The Hall–Kier alpha value is 0.396. The SMILES string of the molecule is Cc1ccc(F)cc1Br.[H-].[H-].[Mg+2]. The fraction of sp³-hybridized carbons (Fsp3) is 0.143. The largest absolute Gasteiger partial charge is 2.00 e. The van der Waals surface area contributed by atoms with E-state index in [1.807, 2.05) is 6.92 Å². The van der Waals surface area contributed by atoms with E-state index in [4.69, 9.17) is 0 Å². The van der Waals surface area contributed by atoms with Crippen LogP contribution in [0.1, 0.15) is 8.42 Å². The minimum absolute atomic E-state index is 0. The second-order valence-corrected chi connectivity index (χ2v) is 2.75. The Balaban J connectivity index is -0.000000270. The minimum atomic E-state index is -0.201. The van der Waals surface area contributed by atoms with Gasteiger partial charge in [-0.1, -0.05) is 22.0 Å². The Bertz CT molecular complexity index is 233. The molecule has 0 saturated heterocycles. The second kappa shape index (κ2) is 4.31. The van der Waals surface area contributed by atoms with Gasteiger partial charge in [-0.3, -0.25) is 0 Å². The average Bonchev–Trinajstić information content (AvgIpc) is 1.80. The average molecular weight is 215 g/mol. The summed E-state index contributed by atoms with van der Waals surface area (Å²) < 4.78 is 13.1. The van der Waals surface area contributed by atoms with Crippen molar-refractivity contribution in [3.63, 3.8) is 0 Å². The van der Waals surface area contributed by atoms with Gasteiger partial charge < -0.3 is 2.85 Å². The Morgan fingerprint density at radius 1 is 1.50 bits per heavy atom. The smallest absolute Gasteiger partial charge is 1.00 e. The summed E-state index contributed by atoms with van der Waals surface area (Å²) in [5, 5.41) is 0. The number of rotatable bonds is 0. The van der Waals surface area contributed by atoms with Gasteiger partial charge in [-0.25, -0.2) is 4.39 Å². The number of benzene rings is 1. The van der Waals surface area contributed by atoms with Gasteiger partial charge in [-0.05, 0) is 24.6 Å². The van der Waals surface area contributed by atoms with Crippen LogP contribution in [0.4, 0.5) is 4.39 Å². The van der Waals surface area contributed by atoms with Gasteiger partial charge in [0.2, 0.25) is 0 Å². The third-order valence-electron chi connectivity index (χ3n) is 1.13.